The Morgan fingerprint density at radius 3 is 1.42 bits per heavy atom. The van der Waals surface area contributed by atoms with E-state index in [4.69, 9.17) is 24.3 Å². The molecule has 0 heterocycles. The van der Waals surface area contributed by atoms with Crippen LogP contribution in [0, 0.1) is 0 Å². The van der Waals surface area contributed by atoms with Crippen molar-refractivity contribution in [3.05, 3.63) is 72.9 Å². The van der Waals surface area contributed by atoms with Crippen LogP contribution in [0.5, 0.6) is 0 Å². The van der Waals surface area contributed by atoms with Gasteiger partial charge in [-0.25, -0.2) is 4.57 Å². The van der Waals surface area contributed by atoms with E-state index in [1.807, 2.05) is 0 Å². The van der Waals surface area contributed by atoms with Crippen LogP contribution in [0.3, 0.4) is 0 Å². The molecule has 0 aliphatic heterocycles. The van der Waals surface area contributed by atoms with Gasteiger partial charge in [-0.15, -0.1) is 0 Å². The van der Waals surface area contributed by atoms with Crippen LogP contribution in [0.2, 0.25) is 0 Å². The Hall–Kier alpha value is -2.55. The van der Waals surface area contributed by atoms with Gasteiger partial charge in [0.15, 0.2) is 6.10 Å². The molecule has 0 aromatic carbocycles. The molecule has 1 unspecified atom stereocenters. The van der Waals surface area contributed by atoms with E-state index in [1.165, 1.54) is 89.9 Å². The molecule has 0 bridgehead atoms. The molecule has 0 saturated heterocycles. The topological polar surface area (TPSA) is 134 Å². The Kier molecular flexibility index (Phi) is 43.0. The maximum absolute atomic E-state index is 12.6. The standard InChI is InChI=1S/C49H86NO8P/c1-3-5-7-9-11-13-15-17-19-21-23-25-27-29-31-33-35-37-39-41-48(51)55-45-47(46-57-59(53,54)56-44-43-50)58-49(52)42-40-38-36-34-32-30-28-26-24-22-20-18-16-14-12-10-8-6-4-2/h6,8,12,14,17-20,24,26,30,32,47H,3-5,7,9-11,13,15-16,21-23,25,27-29,31,33-46,50H2,1-2H3,(H,53,54)/b8-6+,14-12+,19-17+,20-18+,26-24+,32-30+/t47-/m1/s1. The molecule has 59 heavy (non-hydrogen) atoms. The Labute approximate surface area is 361 Å². The van der Waals surface area contributed by atoms with Gasteiger partial charge in [-0.05, 0) is 83.5 Å². The van der Waals surface area contributed by atoms with Crippen molar-refractivity contribution in [3.8, 4) is 0 Å². The van der Waals surface area contributed by atoms with E-state index in [9.17, 15) is 19.0 Å². The van der Waals surface area contributed by atoms with E-state index < -0.39 is 32.5 Å². The fourth-order valence-electron chi connectivity index (χ4n) is 6.13. The highest BCUT2D eigenvalue weighted by Crippen LogP contribution is 2.43. The molecular weight excluding hydrogens is 762 g/mol. The quantitative estimate of drug-likeness (QED) is 0.0266. The fourth-order valence-corrected chi connectivity index (χ4v) is 6.89. The third-order valence-electron chi connectivity index (χ3n) is 9.58. The third-order valence-corrected chi connectivity index (χ3v) is 10.6. The Morgan fingerprint density at radius 2 is 0.932 bits per heavy atom. The lowest BCUT2D eigenvalue weighted by molar-refractivity contribution is -0.161. The number of ether oxygens (including phenoxy) is 2. The van der Waals surface area contributed by atoms with Crippen LogP contribution in [0.25, 0.3) is 0 Å². The number of carbonyl (C=O) groups excluding carboxylic acids is 2. The third kappa shape index (κ3) is 44.8. The second-order valence-electron chi connectivity index (χ2n) is 15.2. The summed E-state index contributed by atoms with van der Waals surface area (Å²) in [5, 5.41) is 0. The highest BCUT2D eigenvalue weighted by Gasteiger charge is 2.26. The maximum Gasteiger partial charge on any atom is 0.472 e. The van der Waals surface area contributed by atoms with Crippen molar-refractivity contribution < 1.29 is 37.6 Å². The summed E-state index contributed by atoms with van der Waals surface area (Å²) in [6, 6.07) is 0. The number of phosphoric acid groups is 1. The lowest BCUT2D eigenvalue weighted by atomic mass is 10.1. The Morgan fingerprint density at radius 1 is 0.525 bits per heavy atom. The van der Waals surface area contributed by atoms with Gasteiger partial charge >= 0.3 is 19.8 Å². The van der Waals surface area contributed by atoms with Crippen molar-refractivity contribution in [2.45, 2.75) is 200 Å². The number of unbranched alkanes of at least 4 members (excludes halogenated alkanes) is 18. The van der Waals surface area contributed by atoms with Crippen molar-refractivity contribution >= 4 is 19.8 Å². The summed E-state index contributed by atoms with van der Waals surface area (Å²) in [5.74, 6) is -0.871. The molecule has 0 radical (unpaired) electrons. The van der Waals surface area contributed by atoms with Gasteiger partial charge in [0.1, 0.15) is 6.61 Å². The summed E-state index contributed by atoms with van der Waals surface area (Å²) in [6.45, 7) is 3.57. The normalized spacial score (nSPS) is 13.9. The van der Waals surface area contributed by atoms with Crippen molar-refractivity contribution in [2.24, 2.45) is 5.73 Å². The first-order valence-corrected chi connectivity index (χ1v) is 24.9. The first-order chi connectivity index (χ1) is 28.8. The number of phosphoric ester groups is 1. The summed E-state index contributed by atoms with van der Waals surface area (Å²) in [7, 11) is -4.39. The van der Waals surface area contributed by atoms with Crippen molar-refractivity contribution in [1.82, 2.24) is 0 Å². The molecule has 0 aliphatic carbocycles. The fraction of sp³-hybridized carbons (Fsp3) is 0.714. The van der Waals surface area contributed by atoms with Gasteiger partial charge in [-0.2, -0.15) is 0 Å². The summed E-state index contributed by atoms with van der Waals surface area (Å²) >= 11 is 0. The molecule has 0 fully saturated rings. The minimum absolute atomic E-state index is 0.0441. The molecule has 0 aromatic rings. The predicted octanol–water partition coefficient (Wildman–Crippen LogP) is 13.8. The molecule has 10 heteroatoms. The summed E-state index contributed by atoms with van der Waals surface area (Å²) < 4.78 is 32.8. The van der Waals surface area contributed by atoms with E-state index >= 15 is 0 Å². The second kappa shape index (κ2) is 45.0. The molecule has 340 valence electrons. The highest BCUT2D eigenvalue weighted by molar-refractivity contribution is 7.47. The zero-order valence-corrected chi connectivity index (χ0v) is 38.4. The van der Waals surface area contributed by atoms with Crippen LogP contribution in [0.4, 0.5) is 0 Å². The van der Waals surface area contributed by atoms with Gasteiger partial charge in [-0.1, -0.05) is 170 Å². The van der Waals surface area contributed by atoms with Gasteiger partial charge < -0.3 is 20.1 Å². The average Bonchev–Trinajstić information content (AvgIpc) is 3.22. The number of rotatable bonds is 43. The van der Waals surface area contributed by atoms with Crippen LogP contribution in [-0.2, 0) is 32.7 Å². The van der Waals surface area contributed by atoms with Gasteiger partial charge in [0.05, 0.1) is 13.2 Å². The minimum atomic E-state index is -4.39. The van der Waals surface area contributed by atoms with Crippen molar-refractivity contribution in [1.29, 1.82) is 0 Å². The first-order valence-electron chi connectivity index (χ1n) is 23.4. The summed E-state index contributed by atoms with van der Waals surface area (Å²) in [6.07, 6.45) is 55.0. The zero-order valence-electron chi connectivity index (χ0n) is 37.5. The molecular formula is C49H86NO8P. The van der Waals surface area contributed by atoms with Gasteiger partial charge in [0, 0.05) is 19.4 Å². The highest BCUT2D eigenvalue weighted by atomic mass is 31.2. The molecule has 2 atom stereocenters. The van der Waals surface area contributed by atoms with Crippen LogP contribution in [-0.4, -0.2) is 49.3 Å². The van der Waals surface area contributed by atoms with Crippen molar-refractivity contribution in [3.63, 3.8) is 0 Å². The molecule has 0 rings (SSSR count). The first kappa shape index (κ1) is 56.5. The molecule has 3 N–H and O–H groups in total. The number of nitrogens with two attached hydrogens (primary N) is 1. The molecule has 0 amide bonds. The van der Waals surface area contributed by atoms with Gasteiger partial charge in [-0.3, -0.25) is 18.6 Å². The SMILES string of the molecule is CC/C=C/C/C=C/C/C=C/C/C=C/C/C=C/CCCCCC(=O)O[C@H](COC(=O)CCCCCCCCCCC/C=C/CCCCCCCC)COP(=O)(O)OCCN. The largest absolute Gasteiger partial charge is 0.472 e. The number of hydrogen-bond donors (Lipinski definition) is 2. The van der Waals surface area contributed by atoms with E-state index in [1.54, 1.807) is 0 Å². The smallest absolute Gasteiger partial charge is 0.462 e. The molecule has 0 saturated carbocycles. The van der Waals surface area contributed by atoms with Gasteiger partial charge in [0.2, 0.25) is 0 Å². The zero-order chi connectivity index (χ0) is 43.2. The lowest BCUT2D eigenvalue weighted by Gasteiger charge is -2.19. The number of allylic oxidation sites excluding steroid dienone is 12. The number of hydrogen-bond acceptors (Lipinski definition) is 8. The van der Waals surface area contributed by atoms with Crippen LogP contribution in [0.15, 0.2) is 72.9 Å². The molecule has 0 aromatic heterocycles. The lowest BCUT2D eigenvalue weighted by Crippen LogP contribution is -2.29. The maximum atomic E-state index is 12.6. The number of carbonyl (C=O) groups is 2. The van der Waals surface area contributed by atoms with Crippen LogP contribution in [0.1, 0.15) is 194 Å². The van der Waals surface area contributed by atoms with E-state index in [0.717, 1.165) is 70.6 Å². The Balaban J connectivity index is 4.18. The average molecular weight is 848 g/mol. The van der Waals surface area contributed by atoms with E-state index in [0.29, 0.717) is 6.42 Å². The summed E-state index contributed by atoms with van der Waals surface area (Å²) in [5.41, 5.74) is 5.35. The minimum Gasteiger partial charge on any atom is -0.462 e. The monoisotopic (exact) mass is 848 g/mol. The van der Waals surface area contributed by atoms with E-state index in [-0.39, 0.29) is 32.6 Å². The van der Waals surface area contributed by atoms with Crippen LogP contribution < -0.4 is 5.73 Å². The number of esters is 2. The molecule has 0 spiro atoms. The van der Waals surface area contributed by atoms with Crippen molar-refractivity contribution in [2.75, 3.05) is 26.4 Å². The van der Waals surface area contributed by atoms with E-state index in [2.05, 4.69) is 86.8 Å². The molecule has 9 nitrogen and oxygen atoms in total. The van der Waals surface area contributed by atoms with Gasteiger partial charge in [0.25, 0.3) is 0 Å². The molecule has 0 aliphatic rings. The van der Waals surface area contributed by atoms with Crippen LogP contribution >= 0.6 is 7.82 Å². The second-order valence-corrected chi connectivity index (χ2v) is 16.7. The predicted molar refractivity (Wildman–Crippen MR) is 247 cm³/mol. The Bertz CT molecular complexity index is 1190. The summed E-state index contributed by atoms with van der Waals surface area (Å²) in [4.78, 5) is 35.0.